The molecule has 2 heterocycles. The Labute approximate surface area is 177 Å². The molecule has 1 fully saturated rings. The van der Waals surface area contributed by atoms with Gasteiger partial charge in [-0.3, -0.25) is 4.79 Å². The summed E-state index contributed by atoms with van der Waals surface area (Å²) < 4.78 is 26.5. The van der Waals surface area contributed by atoms with Crippen LogP contribution in [0, 0.1) is 31.5 Å². The molecular weight excluding hydrogens is 383 g/mol. The molecule has 0 radical (unpaired) electrons. The van der Waals surface area contributed by atoms with Crippen molar-refractivity contribution in [3.8, 4) is 5.75 Å². The average Bonchev–Trinajstić information content (AvgIpc) is 2.69. The van der Waals surface area contributed by atoms with Gasteiger partial charge in [0.2, 0.25) is 0 Å². The average molecular weight is 413 g/mol. The quantitative estimate of drug-likeness (QED) is 0.731. The normalized spacial score (nSPS) is 27.0. The van der Waals surface area contributed by atoms with E-state index in [9.17, 15) is 14.3 Å². The SMILES string of the molecule is Cc1ccc2c(c1C)OC(C)(C)[C@H]1C[C@@H](C(=O)O)[C@H](CCc3cccc(F)c3)O[C@H]21. The monoisotopic (exact) mass is 412 g/mol. The highest BCUT2D eigenvalue weighted by Gasteiger charge is 2.52. The Kier molecular flexibility index (Phi) is 5.35. The first-order valence-electron chi connectivity index (χ1n) is 10.6. The molecule has 0 amide bonds. The fraction of sp³-hybridized carbons (Fsp3) is 0.480. The molecule has 4 rings (SSSR count). The molecule has 0 aliphatic carbocycles. The Morgan fingerprint density at radius 2 is 2.00 bits per heavy atom. The third kappa shape index (κ3) is 3.71. The fourth-order valence-electron chi connectivity index (χ4n) is 4.91. The van der Waals surface area contributed by atoms with Crippen molar-refractivity contribution in [1.82, 2.24) is 0 Å². The van der Waals surface area contributed by atoms with Gasteiger partial charge in [0.15, 0.2) is 0 Å². The van der Waals surface area contributed by atoms with Crippen molar-refractivity contribution in [3.63, 3.8) is 0 Å². The van der Waals surface area contributed by atoms with Gasteiger partial charge in [-0.15, -0.1) is 0 Å². The zero-order valence-electron chi connectivity index (χ0n) is 17.9. The van der Waals surface area contributed by atoms with Gasteiger partial charge >= 0.3 is 5.97 Å². The van der Waals surface area contributed by atoms with Gasteiger partial charge in [0.05, 0.1) is 18.1 Å². The van der Waals surface area contributed by atoms with E-state index < -0.39 is 23.6 Å². The summed E-state index contributed by atoms with van der Waals surface area (Å²) in [4.78, 5) is 12.1. The Morgan fingerprint density at radius 1 is 1.23 bits per heavy atom. The number of carbonyl (C=O) groups is 1. The summed E-state index contributed by atoms with van der Waals surface area (Å²) >= 11 is 0. The maximum absolute atomic E-state index is 13.5. The van der Waals surface area contributed by atoms with E-state index in [0.29, 0.717) is 19.3 Å². The molecule has 4 atom stereocenters. The summed E-state index contributed by atoms with van der Waals surface area (Å²) in [7, 11) is 0. The minimum absolute atomic E-state index is 0.0568. The van der Waals surface area contributed by atoms with Crippen LogP contribution in [-0.2, 0) is 16.0 Å². The molecule has 0 unspecified atom stereocenters. The highest BCUT2D eigenvalue weighted by Crippen LogP contribution is 2.53. The van der Waals surface area contributed by atoms with Crippen molar-refractivity contribution in [1.29, 1.82) is 0 Å². The van der Waals surface area contributed by atoms with Crippen molar-refractivity contribution < 1.29 is 23.8 Å². The smallest absolute Gasteiger partial charge is 0.309 e. The minimum atomic E-state index is -0.848. The van der Waals surface area contributed by atoms with E-state index in [-0.39, 0.29) is 17.8 Å². The van der Waals surface area contributed by atoms with Gasteiger partial charge in [-0.1, -0.05) is 24.3 Å². The van der Waals surface area contributed by atoms with Crippen LogP contribution in [0.5, 0.6) is 5.75 Å². The van der Waals surface area contributed by atoms with Gasteiger partial charge in [-0.2, -0.15) is 0 Å². The lowest BCUT2D eigenvalue weighted by molar-refractivity contribution is -0.188. The minimum Gasteiger partial charge on any atom is -0.487 e. The third-order valence-corrected chi connectivity index (χ3v) is 6.84. The van der Waals surface area contributed by atoms with E-state index in [2.05, 4.69) is 26.0 Å². The zero-order chi connectivity index (χ0) is 21.6. The number of fused-ring (bicyclic) bond motifs is 3. The highest BCUT2D eigenvalue weighted by molar-refractivity contribution is 5.71. The van der Waals surface area contributed by atoms with Crippen LogP contribution >= 0.6 is 0 Å². The van der Waals surface area contributed by atoms with Gasteiger partial charge in [-0.05, 0) is 75.8 Å². The molecule has 1 saturated heterocycles. The number of rotatable bonds is 4. The Morgan fingerprint density at radius 3 is 2.70 bits per heavy atom. The molecule has 160 valence electrons. The largest absolute Gasteiger partial charge is 0.487 e. The number of carboxylic acids is 1. The van der Waals surface area contributed by atoms with Crippen molar-refractivity contribution in [2.75, 3.05) is 0 Å². The van der Waals surface area contributed by atoms with E-state index in [1.54, 1.807) is 6.07 Å². The summed E-state index contributed by atoms with van der Waals surface area (Å²) in [5.41, 5.74) is 3.58. The third-order valence-electron chi connectivity index (χ3n) is 6.84. The predicted molar refractivity (Wildman–Crippen MR) is 112 cm³/mol. The molecule has 2 aromatic rings. The molecule has 2 aliphatic heterocycles. The first kappa shape index (κ1) is 20.9. The van der Waals surface area contributed by atoms with Gasteiger partial charge in [0.1, 0.15) is 17.2 Å². The van der Waals surface area contributed by atoms with E-state index in [1.807, 2.05) is 19.9 Å². The molecule has 2 aromatic carbocycles. The summed E-state index contributed by atoms with van der Waals surface area (Å²) in [5, 5.41) is 9.91. The lowest BCUT2D eigenvalue weighted by Gasteiger charge is -2.50. The zero-order valence-corrected chi connectivity index (χ0v) is 17.9. The molecule has 2 aliphatic rings. The number of hydrogen-bond acceptors (Lipinski definition) is 3. The van der Waals surface area contributed by atoms with Gasteiger partial charge in [0.25, 0.3) is 0 Å². The molecule has 5 heteroatoms. The topological polar surface area (TPSA) is 55.8 Å². The second-order valence-corrected chi connectivity index (χ2v) is 9.18. The Hall–Kier alpha value is -2.40. The molecule has 0 saturated carbocycles. The maximum atomic E-state index is 13.5. The first-order valence-corrected chi connectivity index (χ1v) is 10.6. The molecule has 4 nitrogen and oxygen atoms in total. The van der Waals surface area contributed by atoms with Crippen LogP contribution in [-0.4, -0.2) is 22.8 Å². The Balaban J connectivity index is 1.65. The summed E-state index contributed by atoms with van der Waals surface area (Å²) in [5.74, 6) is -0.939. The summed E-state index contributed by atoms with van der Waals surface area (Å²) in [6, 6.07) is 10.6. The van der Waals surface area contributed by atoms with Crippen LogP contribution in [0.4, 0.5) is 4.39 Å². The standard InChI is InChI=1S/C25H29FO4/c1-14-8-10-18-22(15(14)2)30-25(3,4)20-13-19(24(27)28)21(29-23(18)20)11-9-16-6-5-7-17(26)12-16/h5-8,10,12,19-21,23H,9,11,13H2,1-4H3,(H,27,28)/t19-,20+,21+,23-/m1/s1. The number of benzene rings is 2. The molecule has 0 aromatic heterocycles. The fourth-order valence-corrected chi connectivity index (χ4v) is 4.91. The second kappa shape index (κ2) is 7.69. The van der Waals surface area contributed by atoms with E-state index in [4.69, 9.17) is 9.47 Å². The molecule has 0 spiro atoms. The first-order chi connectivity index (χ1) is 14.2. The van der Waals surface area contributed by atoms with E-state index >= 15 is 0 Å². The number of aryl methyl sites for hydroxylation is 2. The van der Waals surface area contributed by atoms with Gasteiger partial charge < -0.3 is 14.6 Å². The molecular formula is C25H29FO4. The van der Waals surface area contributed by atoms with Gasteiger partial charge in [-0.25, -0.2) is 4.39 Å². The number of hydrogen-bond donors (Lipinski definition) is 1. The van der Waals surface area contributed by atoms with Crippen LogP contribution in [0.2, 0.25) is 0 Å². The number of ether oxygens (including phenoxy) is 2. The predicted octanol–water partition coefficient (Wildman–Crippen LogP) is 5.39. The van der Waals surface area contributed by atoms with Gasteiger partial charge in [0, 0.05) is 11.5 Å². The van der Waals surface area contributed by atoms with Crippen LogP contribution < -0.4 is 4.74 Å². The molecule has 0 bridgehead atoms. The van der Waals surface area contributed by atoms with Crippen molar-refractivity contribution in [2.45, 2.75) is 64.8 Å². The van der Waals surface area contributed by atoms with Crippen molar-refractivity contribution >= 4 is 5.97 Å². The molecule has 30 heavy (non-hydrogen) atoms. The van der Waals surface area contributed by atoms with Crippen molar-refractivity contribution in [3.05, 3.63) is 64.5 Å². The summed E-state index contributed by atoms with van der Waals surface area (Å²) in [6.07, 6.45) is 0.952. The van der Waals surface area contributed by atoms with E-state index in [0.717, 1.165) is 28.0 Å². The second-order valence-electron chi connectivity index (χ2n) is 9.18. The van der Waals surface area contributed by atoms with E-state index in [1.165, 1.54) is 12.1 Å². The van der Waals surface area contributed by atoms with Crippen LogP contribution in [0.1, 0.15) is 55.0 Å². The lowest BCUT2D eigenvalue weighted by atomic mass is 9.71. The maximum Gasteiger partial charge on any atom is 0.309 e. The molecule has 1 N–H and O–H groups in total. The Bertz CT molecular complexity index is 968. The number of aliphatic carboxylic acids is 1. The van der Waals surface area contributed by atoms with Crippen LogP contribution in [0.3, 0.4) is 0 Å². The van der Waals surface area contributed by atoms with Crippen LogP contribution in [0.25, 0.3) is 0 Å². The van der Waals surface area contributed by atoms with Crippen molar-refractivity contribution in [2.24, 2.45) is 11.8 Å². The summed E-state index contributed by atoms with van der Waals surface area (Å²) in [6.45, 7) is 8.15. The number of halogens is 1. The highest BCUT2D eigenvalue weighted by atomic mass is 19.1. The number of carboxylic acid groups (broad SMARTS) is 1. The lowest BCUT2D eigenvalue weighted by Crippen LogP contribution is -2.52. The van der Waals surface area contributed by atoms with Crippen LogP contribution in [0.15, 0.2) is 36.4 Å².